The molecule has 33 heavy (non-hydrogen) atoms. The highest BCUT2D eigenvalue weighted by atomic mass is 16.5. The normalized spacial score (nSPS) is 15.6. The zero-order valence-corrected chi connectivity index (χ0v) is 19.5. The highest BCUT2D eigenvalue weighted by molar-refractivity contribution is 6.07. The van der Waals surface area contributed by atoms with Crippen molar-refractivity contribution < 1.29 is 23.8 Å². The number of likely N-dealkylation sites (tertiary alicyclic amines) is 1. The zero-order chi connectivity index (χ0) is 23.2. The topological polar surface area (TPSA) is 68.3 Å². The van der Waals surface area contributed by atoms with Gasteiger partial charge in [-0.25, -0.2) is 0 Å². The van der Waals surface area contributed by atoms with Gasteiger partial charge in [0.2, 0.25) is 0 Å². The Morgan fingerprint density at radius 3 is 2.48 bits per heavy atom. The molecule has 176 valence electrons. The Kier molecular flexibility index (Phi) is 7.37. The van der Waals surface area contributed by atoms with Gasteiger partial charge in [-0.15, -0.1) is 0 Å². The minimum absolute atomic E-state index is 0.0161. The van der Waals surface area contributed by atoms with Crippen molar-refractivity contribution in [3.63, 3.8) is 0 Å². The summed E-state index contributed by atoms with van der Waals surface area (Å²) in [7, 11) is 1.65. The van der Waals surface area contributed by atoms with Crippen molar-refractivity contribution >= 4 is 17.5 Å². The molecular formula is C26H32N2O5. The van der Waals surface area contributed by atoms with Gasteiger partial charge in [0.1, 0.15) is 5.75 Å². The SMILES string of the molecule is CCOc1cc(C(=O)N2CCCc3cc(OC)ccc32)ccc1OCC(=O)N1CCCCC1. The van der Waals surface area contributed by atoms with Crippen LogP contribution in [0.5, 0.6) is 17.2 Å². The molecule has 0 aromatic heterocycles. The number of hydrogen-bond acceptors (Lipinski definition) is 5. The summed E-state index contributed by atoms with van der Waals surface area (Å²) in [4.78, 5) is 29.5. The van der Waals surface area contributed by atoms with Gasteiger partial charge in [0, 0.05) is 30.9 Å². The van der Waals surface area contributed by atoms with Crippen molar-refractivity contribution in [3.05, 3.63) is 47.5 Å². The highest BCUT2D eigenvalue weighted by Crippen LogP contribution is 2.34. The Morgan fingerprint density at radius 2 is 1.73 bits per heavy atom. The molecule has 7 heteroatoms. The van der Waals surface area contributed by atoms with Crippen molar-refractivity contribution in [2.24, 2.45) is 0 Å². The molecule has 2 amide bonds. The number of fused-ring (bicyclic) bond motifs is 1. The van der Waals surface area contributed by atoms with Crippen molar-refractivity contribution in [1.82, 2.24) is 4.90 Å². The Hall–Kier alpha value is -3.22. The molecule has 0 N–H and O–H groups in total. The largest absolute Gasteiger partial charge is 0.497 e. The van der Waals surface area contributed by atoms with Crippen LogP contribution in [0.3, 0.4) is 0 Å². The van der Waals surface area contributed by atoms with Gasteiger partial charge >= 0.3 is 0 Å². The molecule has 0 atom stereocenters. The summed E-state index contributed by atoms with van der Waals surface area (Å²) in [6.45, 7) is 4.51. The predicted molar refractivity (Wildman–Crippen MR) is 127 cm³/mol. The first-order valence-electron chi connectivity index (χ1n) is 11.8. The number of hydrogen-bond donors (Lipinski definition) is 0. The van der Waals surface area contributed by atoms with E-state index in [0.717, 1.165) is 55.8 Å². The maximum Gasteiger partial charge on any atom is 0.260 e. The van der Waals surface area contributed by atoms with Crippen LogP contribution in [0, 0.1) is 0 Å². The van der Waals surface area contributed by atoms with Gasteiger partial charge in [-0.3, -0.25) is 9.59 Å². The molecule has 2 aliphatic heterocycles. The number of methoxy groups -OCH3 is 1. The summed E-state index contributed by atoms with van der Waals surface area (Å²) >= 11 is 0. The first kappa shape index (κ1) is 23.0. The molecule has 0 aliphatic carbocycles. The molecular weight excluding hydrogens is 420 g/mol. The van der Waals surface area contributed by atoms with Crippen LogP contribution in [-0.2, 0) is 11.2 Å². The fraction of sp³-hybridized carbons (Fsp3) is 0.462. The van der Waals surface area contributed by atoms with Crippen LogP contribution in [-0.4, -0.2) is 56.7 Å². The molecule has 0 saturated carbocycles. The van der Waals surface area contributed by atoms with E-state index in [2.05, 4.69) is 0 Å². The van der Waals surface area contributed by atoms with E-state index in [1.54, 1.807) is 25.3 Å². The minimum Gasteiger partial charge on any atom is -0.497 e. The van der Waals surface area contributed by atoms with Gasteiger partial charge in [0.25, 0.3) is 11.8 Å². The fourth-order valence-electron chi connectivity index (χ4n) is 4.47. The molecule has 1 saturated heterocycles. The van der Waals surface area contributed by atoms with E-state index >= 15 is 0 Å². The Labute approximate surface area is 195 Å². The quantitative estimate of drug-likeness (QED) is 0.633. The third-order valence-electron chi connectivity index (χ3n) is 6.20. The smallest absolute Gasteiger partial charge is 0.260 e. The third kappa shape index (κ3) is 5.24. The van der Waals surface area contributed by atoms with Crippen LogP contribution in [0.25, 0.3) is 0 Å². The average Bonchev–Trinajstić information content (AvgIpc) is 2.87. The van der Waals surface area contributed by atoms with E-state index in [9.17, 15) is 9.59 Å². The van der Waals surface area contributed by atoms with Crippen molar-refractivity contribution in [3.8, 4) is 17.2 Å². The van der Waals surface area contributed by atoms with E-state index in [4.69, 9.17) is 14.2 Å². The number of benzene rings is 2. The van der Waals surface area contributed by atoms with Gasteiger partial charge in [-0.05, 0) is 81.0 Å². The van der Waals surface area contributed by atoms with E-state index < -0.39 is 0 Å². The molecule has 0 bridgehead atoms. The molecule has 0 radical (unpaired) electrons. The van der Waals surface area contributed by atoms with Gasteiger partial charge in [0.05, 0.1) is 13.7 Å². The lowest BCUT2D eigenvalue weighted by molar-refractivity contribution is -0.134. The number of rotatable bonds is 7. The number of carbonyl (C=O) groups is 2. The first-order chi connectivity index (χ1) is 16.1. The summed E-state index contributed by atoms with van der Waals surface area (Å²) < 4.78 is 16.9. The maximum atomic E-state index is 13.4. The number of ether oxygens (including phenoxy) is 3. The summed E-state index contributed by atoms with van der Waals surface area (Å²) in [6, 6.07) is 11.0. The average molecular weight is 453 g/mol. The second-order valence-corrected chi connectivity index (χ2v) is 8.38. The number of carbonyl (C=O) groups excluding carboxylic acids is 2. The van der Waals surface area contributed by atoms with Gasteiger partial charge in [-0.2, -0.15) is 0 Å². The van der Waals surface area contributed by atoms with Crippen LogP contribution >= 0.6 is 0 Å². The summed E-state index contributed by atoms with van der Waals surface area (Å²) in [5, 5.41) is 0. The lowest BCUT2D eigenvalue weighted by atomic mass is 10.00. The molecule has 2 aliphatic rings. The zero-order valence-electron chi connectivity index (χ0n) is 19.5. The summed E-state index contributed by atoms with van der Waals surface area (Å²) in [5.74, 6) is 1.64. The number of anilines is 1. The number of piperidine rings is 1. The van der Waals surface area contributed by atoms with Crippen LogP contribution in [0.4, 0.5) is 5.69 Å². The van der Waals surface area contributed by atoms with Gasteiger partial charge < -0.3 is 24.0 Å². The summed E-state index contributed by atoms with van der Waals surface area (Å²) in [6.07, 6.45) is 5.06. The number of amides is 2. The second-order valence-electron chi connectivity index (χ2n) is 8.38. The van der Waals surface area contributed by atoms with Crippen LogP contribution in [0.15, 0.2) is 36.4 Å². The third-order valence-corrected chi connectivity index (χ3v) is 6.20. The fourth-order valence-corrected chi connectivity index (χ4v) is 4.47. The molecule has 1 fully saturated rings. The van der Waals surface area contributed by atoms with Crippen molar-refractivity contribution in [2.45, 2.75) is 39.0 Å². The van der Waals surface area contributed by atoms with E-state index in [-0.39, 0.29) is 18.4 Å². The van der Waals surface area contributed by atoms with Gasteiger partial charge in [-0.1, -0.05) is 0 Å². The molecule has 0 spiro atoms. The van der Waals surface area contributed by atoms with Crippen molar-refractivity contribution in [1.29, 1.82) is 0 Å². The molecule has 4 rings (SSSR count). The number of nitrogens with zero attached hydrogens (tertiary/aromatic N) is 2. The monoisotopic (exact) mass is 452 g/mol. The lowest BCUT2D eigenvalue weighted by Gasteiger charge is -2.30. The Bertz CT molecular complexity index is 1000. The molecule has 2 aromatic rings. The van der Waals surface area contributed by atoms with Crippen LogP contribution in [0.2, 0.25) is 0 Å². The van der Waals surface area contributed by atoms with E-state index in [1.807, 2.05) is 34.9 Å². The maximum absolute atomic E-state index is 13.4. The molecule has 2 heterocycles. The Morgan fingerprint density at radius 1 is 0.909 bits per heavy atom. The highest BCUT2D eigenvalue weighted by Gasteiger charge is 2.25. The molecule has 0 unspecified atom stereocenters. The van der Waals surface area contributed by atoms with Crippen LogP contribution < -0.4 is 19.1 Å². The standard InChI is InChI=1S/C26H32N2O5/c1-3-32-24-17-20(9-12-23(24)33-18-25(29)27-13-5-4-6-14-27)26(30)28-15-7-8-19-16-21(31-2)10-11-22(19)28/h9-12,16-17H,3-8,13-15,18H2,1-2H3. The minimum atomic E-state index is -0.0852. The molecule has 2 aromatic carbocycles. The van der Waals surface area contributed by atoms with E-state index in [1.165, 1.54) is 6.42 Å². The van der Waals surface area contributed by atoms with Crippen LogP contribution in [0.1, 0.15) is 48.5 Å². The first-order valence-corrected chi connectivity index (χ1v) is 11.8. The van der Waals surface area contributed by atoms with Gasteiger partial charge in [0.15, 0.2) is 18.1 Å². The van der Waals surface area contributed by atoms with Crippen molar-refractivity contribution in [2.75, 3.05) is 44.9 Å². The Balaban J connectivity index is 1.50. The number of aryl methyl sites for hydroxylation is 1. The molecule has 7 nitrogen and oxygen atoms in total. The predicted octanol–water partition coefficient (Wildman–Crippen LogP) is 4.08. The second kappa shape index (κ2) is 10.6. The summed E-state index contributed by atoms with van der Waals surface area (Å²) in [5.41, 5.74) is 2.55. The lowest BCUT2D eigenvalue weighted by Crippen LogP contribution is -2.38. The van der Waals surface area contributed by atoms with E-state index in [0.29, 0.717) is 30.2 Å².